The third-order valence-electron chi connectivity index (χ3n) is 4.31. The van der Waals surface area contributed by atoms with E-state index >= 15 is 0 Å². The highest BCUT2D eigenvalue weighted by Crippen LogP contribution is 2.37. The fourth-order valence-corrected chi connectivity index (χ4v) is 3.21. The number of hydrogen-bond acceptors (Lipinski definition) is 2. The number of hydrogen-bond donors (Lipinski definition) is 0. The van der Waals surface area contributed by atoms with Crippen LogP contribution >= 0.6 is 0 Å². The van der Waals surface area contributed by atoms with Gasteiger partial charge in [-0.2, -0.15) is 0 Å². The monoisotopic (exact) mass is 298 g/mol. The summed E-state index contributed by atoms with van der Waals surface area (Å²) in [6.45, 7) is 3.88. The number of anilines is 1. The number of nitrogens with zero attached hydrogens (tertiary/aromatic N) is 2. The van der Waals surface area contributed by atoms with Crippen molar-refractivity contribution < 1.29 is 0 Å². The predicted molar refractivity (Wildman–Crippen MR) is 97.7 cm³/mol. The van der Waals surface area contributed by atoms with E-state index in [1.165, 1.54) is 11.3 Å². The second-order valence-electron chi connectivity index (χ2n) is 5.73. The smallest absolute Gasteiger partial charge is 0.148 e. The number of fused-ring (bicyclic) bond motifs is 1. The molecular weight excluding hydrogens is 280 g/mol. The third-order valence-corrected chi connectivity index (χ3v) is 4.31. The quantitative estimate of drug-likeness (QED) is 0.796. The average Bonchev–Trinajstić information content (AvgIpc) is 3.02. The van der Waals surface area contributed by atoms with E-state index in [1.807, 2.05) is 12.1 Å². The first-order valence-corrected chi connectivity index (χ1v) is 7.85. The van der Waals surface area contributed by atoms with Gasteiger partial charge in [-0.25, -0.2) is 0 Å². The van der Waals surface area contributed by atoms with Crippen molar-refractivity contribution in [3.63, 3.8) is 0 Å². The van der Waals surface area contributed by atoms with Crippen molar-refractivity contribution in [3.05, 3.63) is 96.6 Å². The van der Waals surface area contributed by atoms with Crippen LogP contribution in [0.3, 0.4) is 0 Å². The van der Waals surface area contributed by atoms with Crippen molar-refractivity contribution in [3.8, 4) is 0 Å². The molecule has 1 heterocycles. The lowest BCUT2D eigenvalue weighted by molar-refractivity contribution is 0.696. The molecule has 2 heteroatoms. The molecule has 2 aromatic carbocycles. The SMILES string of the molecule is C=Cc1cccc(C2N=C3C=CC=CC3N2c2ccccc2)c1. The van der Waals surface area contributed by atoms with E-state index in [0.717, 1.165) is 11.3 Å². The van der Waals surface area contributed by atoms with Crippen LogP contribution in [-0.4, -0.2) is 11.8 Å². The first kappa shape index (κ1) is 13.8. The lowest BCUT2D eigenvalue weighted by atomic mass is 10.0. The topological polar surface area (TPSA) is 15.6 Å². The van der Waals surface area contributed by atoms with Gasteiger partial charge in [-0.3, -0.25) is 4.99 Å². The molecule has 0 amide bonds. The van der Waals surface area contributed by atoms with Crippen molar-refractivity contribution >= 4 is 17.5 Å². The first-order chi connectivity index (χ1) is 11.4. The summed E-state index contributed by atoms with van der Waals surface area (Å²) in [7, 11) is 0. The Bertz CT molecular complexity index is 815. The molecule has 2 aromatic rings. The first-order valence-electron chi connectivity index (χ1n) is 7.85. The molecule has 0 N–H and O–H groups in total. The summed E-state index contributed by atoms with van der Waals surface area (Å²) in [5.74, 6) is 0. The van der Waals surface area contributed by atoms with Gasteiger partial charge < -0.3 is 4.90 Å². The van der Waals surface area contributed by atoms with E-state index in [-0.39, 0.29) is 12.2 Å². The van der Waals surface area contributed by atoms with Gasteiger partial charge in [0.1, 0.15) is 6.17 Å². The Morgan fingerprint density at radius 1 is 1.00 bits per heavy atom. The molecule has 2 unspecified atom stereocenters. The van der Waals surface area contributed by atoms with Gasteiger partial charge in [0.25, 0.3) is 0 Å². The van der Waals surface area contributed by atoms with E-state index in [2.05, 4.69) is 84.3 Å². The molecule has 112 valence electrons. The van der Waals surface area contributed by atoms with Crippen LogP contribution in [0.25, 0.3) is 6.08 Å². The standard InChI is InChI=1S/C21H18N2/c1-2-16-9-8-10-17(15-16)21-22-19-13-6-7-14-20(19)23(21)18-11-4-3-5-12-18/h2-15,20-21H,1H2. The molecule has 2 nitrogen and oxygen atoms in total. The van der Waals surface area contributed by atoms with Crippen LogP contribution in [0, 0.1) is 0 Å². The Hall–Kier alpha value is -2.87. The predicted octanol–water partition coefficient (Wildman–Crippen LogP) is 4.78. The fraction of sp³-hybridized carbons (Fsp3) is 0.0952. The van der Waals surface area contributed by atoms with Gasteiger partial charge in [-0.1, -0.05) is 67.3 Å². The summed E-state index contributed by atoms with van der Waals surface area (Å²) >= 11 is 0. The highest BCUT2D eigenvalue weighted by Gasteiger charge is 2.35. The molecular formula is C21H18N2. The van der Waals surface area contributed by atoms with Gasteiger partial charge in [0.2, 0.25) is 0 Å². The Labute approximate surface area is 136 Å². The Kier molecular flexibility index (Phi) is 3.43. The maximum atomic E-state index is 4.98. The second kappa shape index (κ2) is 5.73. The summed E-state index contributed by atoms with van der Waals surface area (Å²) in [4.78, 5) is 7.36. The van der Waals surface area contributed by atoms with E-state index in [9.17, 15) is 0 Å². The van der Waals surface area contributed by atoms with Gasteiger partial charge in [0, 0.05) is 5.69 Å². The van der Waals surface area contributed by atoms with Gasteiger partial charge in [0.15, 0.2) is 0 Å². The van der Waals surface area contributed by atoms with Crippen LogP contribution in [0.1, 0.15) is 17.3 Å². The van der Waals surface area contributed by atoms with Crippen molar-refractivity contribution in [1.82, 2.24) is 0 Å². The Morgan fingerprint density at radius 3 is 2.70 bits per heavy atom. The van der Waals surface area contributed by atoms with Crippen molar-refractivity contribution in [2.24, 2.45) is 4.99 Å². The molecule has 0 radical (unpaired) electrons. The molecule has 1 aliphatic carbocycles. The molecule has 2 atom stereocenters. The number of benzene rings is 2. The van der Waals surface area contributed by atoms with Crippen LogP contribution in [0.2, 0.25) is 0 Å². The van der Waals surface area contributed by atoms with Gasteiger partial charge in [-0.15, -0.1) is 0 Å². The molecule has 1 aliphatic heterocycles. The van der Waals surface area contributed by atoms with Crippen LogP contribution in [0.4, 0.5) is 5.69 Å². The maximum absolute atomic E-state index is 4.98. The molecule has 0 bridgehead atoms. The van der Waals surface area contributed by atoms with Crippen LogP contribution in [0.5, 0.6) is 0 Å². The minimum Gasteiger partial charge on any atom is -0.334 e. The van der Waals surface area contributed by atoms with Crippen LogP contribution in [0.15, 0.2) is 90.5 Å². The lowest BCUT2D eigenvalue weighted by Gasteiger charge is -2.31. The number of rotatable bonds is 3. The largest absolute Gasteiger partial charge is 0.334 e. The average molecular weight is 298 g/mol. The molecule has 0 saturated carbocycles. The summed E-state index contributed by atoms with van der Waals surface area (Å²) in [5.41, 5.74) is 4.61. The zero-order chi connectivity index (χ0) is 15.6. The summed E-state index contributed by atoms with van der Waals surface area (Å²) in [6.07, 6.45) is 10.3. The number of aliphatic imine (C=N–C) groups is 1. The fourth-order valence-electron chi connectivity index (χ4n) is 3.21. The van der Waals surface area contributed by atoms with Crippen molar-refractivity contribution in [2.75, 3.05) is 4.90 Å². The van der Waals surface area contributed by atoms with Crippen molar-refractivity contribution in [1.29, 1.82) is 0 Å². The maximum Gasteiger partial charge on any atom is 0.148 e. The minimum absolute atomic E-state index is 0.00954. The second-order valence-corrected chi connectivity index (χ2v) is 5.73. The Balaban J connectivity index is 1.82. The van der Waals surface area contributed by atoms with Crippen LogP contribution in [-0.2, 0) is 0 Å². The molecule has 2 aliphatic rings. The van der Waals surface area contributed by atoms with E-state index in [0.29, 0.717) is 0 Å². The van der Waals surface area contributed by atoms with Gasteiger partial charge in [0.05, 0.1) is 11.8 Å². The zero-order valence-electron chi connectivity index (χ0n) is 12.8. The van der Waals surface area contributed by atoms with E-state index in [1.54, 1.807) is 0 Å². The number of allylic oxidation sites excluding steroid dienone is 2. The molecule has 0 spiro atoms. The zero-order valence-corrected chi connectivity index (χ0v) is 12.8. The normalized spacial score (nSPS) is 21.9. The highest BCUT2D eigenvalue weighted by molar-refractivity contribution is 6.06. The van der Waals surface area contributed by atoms with E-state index < -0.39 is 0 Å². The van der Waals surface area contributed by atoms with Gasteiger partial charge >= 0.3 is 0 Å². The molecule has 0 fully saturated rings. The van der Waals surface area contributed by atoms with E-state index in [4.69, 9.17) is 4.99 Å². The summed E-state index contributed by atoms with van der Waals surface area (Å²) in [6, 6.07) is 19.1. The highest BCUT2D eigenvalue weighted by atomic mass is 15.3. The lowest BCUT2D eigenvalue weighted by Crippen LogP contribution is -2.35. The molecule has 0 saturated heterocycles. The molecule has 23 heavy (non-hydrogen) atoms. The minimum atomic E-state index is -0.00954. The summed E-state index contributed by atoms with van der Waals surface area (Å²) < 4.78 is 0. The molecule has 4 rings (SSSR count). The third kappa shape index (κ3) is 2.42. The van der Waals surface area contributed by atoms with Gasteiger partial charge in [-0.05, 0) is 35.4 Å². The van der Waals surface area contributed by atoms with Crippen LogP contribution < -0.4 is 4.90 Å². The Morgan fingerprint density at radius 2 is 1.87 bits per heavy atom. The molecule has 0 aromatic heterocycles. The number of para-hydroxylation sites is 1. The van der Waals surface area contributed by atoms with Crippen molar-refractivity contribution in [2.45, 2.75) is 12.2 Å². The summed E-state index contributed by atoms with van der Waals surface area (Å²) in [5, 5.41) is 0.